The van der Waals surface area contributed by atoms with Crippen molar-refractivity contribution >= 4 is 22.8 Å². The van der Waals surface area contributed by atoms with E-state index in [-0.39, 0.29) is 6.04 Å². The first-order valence-electron chi connectivity index (χ1n) is 10.3. The van der Waals surface area contributed by atoms with Gasteiger partial charge in [0.15, 0.2) is 5.65 Å². The van der Waals surface area contributed by atoms with E-state index in [2.05, 4.69) is 25.4 Å². The molecule has 5 rings (SSSR count). The lowest BCUT2D eigenvalue weighted by molar-refractivity contribution is -0.137. The minimum Gasteiger partial charge on any atom is -0.366 e. The monoisotopic (exact) mass is 453 g/mol. The summed E-state index contributed by atoms with van der Waals surface area (Å²) < 4.78 is 64.8. The van der Waals surface area contributed by atoms with Crippen molar-refractivity contribution in [3.63, 3.8) is 0 Å². The minimum absolute atomic E-state index is 0.158. The molecule has 3 aromatic rings. The summed E-state index contributed by atoms with van der Waals surface area (Å²) in [5.41, 5.74) is 0.0186. The highest BCUT2D eigenvalue weighted by molar-refractivity contribution is 5.71. The van der Waals surface area contributed by atoms with Gasteiger partial charge in [-0.3, -0.25) is 0 Å². The predicted octanol–water partition coefficient (Wildman–Crippen LogP) is 3.83. The summed E-state index contributed by atoms with van der Waals surface area (Å²) in [4.78, 5) is 14.7. The van der Waals surface area contributed by atoms with Crippen LogP contribution in [0, 0.1) is 11.8 Å². The second-order valence-corrected chi connectivity index (χ2v) is 8.32. The Balaban J connectivity index is 1.21. The third-order valence-electron chi connectivity index (χ3n) is 6.16. The molecule has 0 aromatic carbocycles. The molecule has 1 N–H and O–H groups in total. The molecule has 3 atom stereocenters. The van der Waals surface area contributed by atoms with Gasteiger partial charge in [-0.25, -0.2) is 28.4 Å². The molecule has 2 aliphatic rings. The molecule has 2 unspecified atom stereocenters. The van der Waals surface area contributed by atoms with Crippen LogP contribution in [-0.2, 0) is 12.7 Å². The van der Waals surface area contributed by atoms with Crippen molar-refractivity contribution in [2.24, 2.45) is 11.8 Å². The van der Waals surface area contributed by atoms with Crippen LogP contribution in [0.25, 0.3) is 11.2 Å². The lowest BCUT2D eigenvalue weighted by Crippen LogP contribution is -2.26. The zero-order valence-electron chi connectivity index (χ0n) is 16.8. The SMILES string of the molecule is FC(F)Cn1ncc2ncc(NC3CC4CN(c5ccc(C(F)(F)F)cn5)C[C@@H]4C3)nc21. The molecule has 1 aliphatic heterocycles. The van der Waals surface area contributed by atoms with Crippen molar-refractivity contribution in [1.82, 2.24) is 24.7 Å². The van der Waals surface area contributed by atoms with Crippen molar-refractivity contribution < 1.29 is 22.0 Å². The molecule has 0 radical (unpaired) electrons. The third-order valence-corrected chi connectivity index (χ3v) is 6.16. The molecular formula is C20H20F5N7. The van der Waals surface area contributed by atoms with Crippen LogP contribution >= 0.6 is 0 Å². The maximum absolute atomic E-state index is 12.7. The molecule has 7 nitrogen and oxygen atoms in total. The molecule has 4 heterocycles. The Hall–Kier alpha value is -3.05. The maximum Gasteiger partial charge on any atom is 0.417 e. The molecule has 12 heteroatoms. The van der Waals surface area contributed by atoms with Crippen LogP contribution < -0.4 is 10.2 Å². The number of pyridine rings is 1. The number of nitrogens with zero attached hydrogens (tertiary/aromatic N) is 6. The molecule has 0 bridgehead atoms. The molecule has 0 amide bonds. The van der Waals surface area contributed by atoms with Crippen LogP contribution in [-0.4, -0.2) is 50.3 Å². The summed E-state index contributed by atoms with van der Waals surface area (Å²) in [6, 6.07) is 2.65. The smallest absolute Gasteiger partial charge is 0.366 e. The summed E-state index contributed by atoms with van der Waals surface area (Å²) in [6.45, 7) is 0.920. The van der Waals surface area contributed by atoms with Gasteiger partial charge in [-0.15, -0.1) is 0 Å². The maximum atomic E-state index is 12.7. The quantitative estimate of drug-likeness (QED) is 0.592. The van der Waals surface area contributed by atoms with E-state index in [1.165, 1.54) is 12.3 Å². The van der Waals surface area contributed by atoms with Gasteiger partial charge in [0.25, 0.3) is 6.43 Å². The summed E-state index contributed by atoms with van der Waals surface area (Å²) in [5, 5.41) is 7.27. The number of hydrogen-bond donors (Lipinski definition) is 1. The second-order valence-electron chi connectivity index (χ2n) is 8.32. The molecule has 1 aliphatic carbocycles. The minimum atomic E-state index is -4.39. The Kier molecular flexibility index (Phi) is 5.09. The molecule has 0 spiro atoms. The van der Waals surface area contributed by atoms with E-state index in [0.29, 0.717) is 34.6 Å². The predicted molar refractivity (Wildman–Crippen MR) is 106 cm³/mol. The van der Waals surface area contributed by atoms with Gasteiger partial charge in [0, 0.05) is 25.3 Å². The summed E-state index contributed by atoms with van der Waals surface area (Å²) in [6.07, 6.45) is -1.32. The number of halogens is 5. The van der Waals surface area contributed by atoms with E-state index in [0.717, 1.165) is 42.9 Å². The van der Waals surface area contributed by atoms with Crippen molar-refractivity contribution in [3.8, 4) is 0 Å². The normalized spacial score (nSPS) is 23.3. The van der Waals surface area contributed by atoms with Gasteiger partial charge >= 0.3 is 6.18 Å². The van der Waals surface area contributed by atoms with Gasteiger partial charge in [-0.1, -0.05) is 0 Å². The van der Waals surface area contributed by atoms with Gasteiger partial charge in [0.2, 0.25) is 0 Å². The van der Waals surface area contributed by atoms with Crippen LogP contribution in [0.3, 0.4) is 0 Å². The number of aromatic nitrogens is 5. The van der Waals surface area contributed by atoms with E-state index < -0.39 is 24.7 Å². The van der Waals surface area contributed by atoms with E-state index >= 15 is 0 Å². The van der Waals surface area contributed by atoms with Gasteiger partial charge < -0.3 is 10.2 Å². The number of rotatable bonds is 5. The van der Waals surface area contributed by atoms with Crippen LogP contribution in [0.4, 0.5) is 33.6 Å². The zero-order chi connectivity index (χ0) is 22.5. The highest BCUT2D eigenvalue weighted by Crippen LogP contribution is 2.40. The molecule has 170 valence electrons. The largest absolute Gasteiger partial charge is 0.417 e. The fraction of sp³-hybridized carbons (Fsp3) is 0.500. The van der Waals surface area contributed by atoms with Crippen molar-refractivity contribution in [3.05, 3.63) is 36.3 Å². The highest BCUT2D eigenvalue weighted by atomic mass is 19.4. The number of nitrogens with one attached hydrogen (secondary N) is 1. The number of anilines is 2. The summed E-state index contributed by atoms with van der Waals surface area (Å²) in [7, 11) is 0. The van der Waals surface area contributed by atoms with E-state index in [9.17, 15) is 22.0 Å². The van der Waals surface area contributed by atoms with Crippen molar-refractivity contribution in [1.29, 1.82) is 0 Å². The lowest BCUT2D eigenvalue weighted by Gasteiger charge is -2.21. The number of fused-ring (bicyclic) bond motifs is 2. The Labute approximate surface area is 179 Å². The average molecular weight is 453 g/mol. The molecule has 1 saturated heterocycles. The van der Waals surface area contributed by atoms with Crippen LogP contribution in [0.1, 0.15) is 18.4 Å². The van der Waals surface area contributed by atoms with Gasteiger partial charge in [-0.05, 0) is 36.8 Å². The van der Waals surface area contributed by atoms with Gasteiger partial charge in [0.1, 0.15) is 23.7 Å². The Bertz CT molecular complexity index is 1080. The molecule has 1 saturated carbocycles. The summed E-state index contributed by atoms with van der Waals surface area (Å²) in [5.74, 6) is 1.84. The molecule has 3 aromatic heterocycles. The highest BCUT2D eigenvalue weighted by Gasteiger charge is 2.41. The molecule has 32 heavy (non-hydrogen) atoms. The average Bonchev–Trinajstić information content (AvgIpc) is 3.41. The Morgan fingerprint density at radius 2 is 1.78 bits per heavy atom. The lowest BCUT2D eigenvalue weighted by atomic mass is 10.0. The standard InChI is InChI=1S/C20H20F5N7/c21-16(22)10-32-19-15(6-28-32)26-7-17(30-19)29-14-3-11-8-31(9-12(11)4-14)18-2-1-13(5-27-18)20(23,24)25/h1-2,5-7,11-12,14,16H,3-4,8-10H2,(H,29,30)/t11-,12?,14?/m0/s1. The fourth-order valence-corrected chi connectivity index (χ4v) is 4.74. The number of alkyl halides is 5. The first kappa shape index (κ1) is 20.8. The van der Waals surface area contributed by atoms with Crippen LogP contribution in [0.5, 0.6) is 0 Å². The third kappa shape index (κ3) is 4.05. The number of hydrogen-bond acceptors (Lipinski definition) is 6. The first-order chi connectivity index (χ1) is 15.3. The van der Waals surface area contributed by atoms with Crippen LogP contribution in [0.2, 0.25) is 0 Å². The Morgan fingerprint density at radius 1 is 1.03 bits per heavy atom. The van der Waals surface area contributed by atoms with Crippen molar-refractivity contribution in [2.75, 3.05) is 23.3 Å². The van der Waals surface area contributed by atoms with Crippen molar-refractivity contribution in [2.45, 2.75) is 38.0 Å². The second kappa shape index (κ2) is 7.82. The topological polar surface area (TPSA) is 71.8 Å². The molecular weight excluding hydrogens is 433 g/mol. The van der Waals surface area contributed by atoms with Crippen LogP contribution in [0.15, 0.2) is 30.7 Å². The van der Waals surface area contributed by atoms with E-state index in [1.807, 2.05) is 4.90 Å². The summed E-state index contributed by atoms with van der Waals surface area (Å²) >= 11 is 0. The van der Waals surface area contributed by atoms with Gasteiger partial charge in [-0.2, -0.15) is 18.3 Å². The molecule has 2 fully saturated rings. The van der Waals surface area contributed by atoms with E-state index in [1.54, 1.807) is 6.20 Å². The van der Waals surface area contributed by atoms with E-state index in [4.69, 9.17) is 0 Å². The van der Waals surface area contributed by atoms with Gasteiger partial charge in [0.05, 0.1) is 18.0 Å². The Morgan fingerprint density at radius 3 is 2.41 bits per heavy atom. The first-order valence-corrected chi connectivity index (χ1v) is 10.3. The fourth-order valence-electron chi connectivity index (χ4n) is 4.74. The zero-order valence-corrected chi connectivity index (χ0v) is 16.8.